The molecule has 0 saturated carbocycles. The van der Waals surface area contributed by atoms with Crippen LogP contribution in [-0.4, -0.2) is 29.1 Å². The quantitative estimate of drug-likeness (QED) is 0.659. The first-order valence-electron chi connectivity index (χ1n) is 5.66. The van der Waals surface area contributed by atoms with Crippen molar-refractivity contribution in [1.29, 1.82) is 0 Å². The monoisotopic (exact) mass is 336 g/mol. The van der Waals surface area contributed by atoms with Crippen molar-refractivity contribution in [3.05, 3.63) is 40.1 Å². The van der Waals surface area contributed by atoms with Crippen LogP contribution in [0.4, 0.5) is 0 Å². The van der Waals surface area contributed by atoms with Gasteiger partial charge in [0.2, 0.25) is 6.79 Å². The average Bonchev–Trinajstić information content (AvgIpc) is 3.06. The number of ether oxygens (including phenoxy) is 2. The molecule has 0 saturated heterocycles. The van der Waals surface area contributed by atoms with Gasteiger partial charge in [-0.25, -0.2) is 5.43 Å². The lowest BCUT2D eigenvalue weighted by molar-refractivity contribution is 0.0949. The fraction of sp³-hybridized carbons (Fsp3) is 0.0833. The topological polar surface area (TPSA) is 88.6 Å². The second-order valence-corrected chi connectivity index (χ2v) is 4.76. The summed E-state index contributed by atoms with van der Waals surface area (Å²) in [6.07, 6.45) is 3.01. The zero-order chi connectivity index (χ0) is 13.9. The molecule has 1 aliphatic rings. The third-order valence-electron chi connectivity index (χ3n) is 2.60. The Kier molecular flexibility index (Phi) is 3.38. The van der Waals surface area contributed by atoms with Crippen LogP contribution in [0.15, 0.2) is 34.0 Å². The van der Waals surface area contributed by atoms with Crippen molar-refractivity contribution in [2.45, 2.75) is 0 Å². The van der Waals surface area contributed by atoms with Crippen LogP contribution in [0, 0.1) is 0 Å². The molecule has 0 radical (unpaired) electrons. The lowest BCUT2D eigenvalue weighted by Crippen LogP contribution is -2.18. The number of nitrogens with zero attached hydrogens (tertiary/aromatic N) is 2. The molecule has 1 aromatic carbocycles. The summed E-state index contributed by atoms with van der Waals surface area (Å²) in [6.45, 7) is 0.223. The Morgan fingerprint density at radius 3 is 3.10 bits per heavy atom. The molecule has 0 fully saturated rings. The molecule has 1 aromatic heterocycles. The SMILES string of the molecule is O=C(N/N=C/c1ccc2c(c1)OCO2)c1[nH]ncc1Br. The van der Waals surface area contributed by atoms with Crippen LogP contribution in [0.3, 0.4) is 0 Å². The number of aromatic amines is 1. The van der Waals surface area contributed by atoms with Crippen molar-refractivity contribution in [3.63, 3.8) is 0 Å². The number of aromatic nitrogens is 2. The second kappa shape index (κ2) is 5.33. The van der Waals surface area contributed by atoms with Gasteiger partial charge in [0, 0.05) is 0 Å². The molecular weight excluding hydrogens is 328 g/mol. The number of hydrogen-bond acceptors (Lipinski definition) is 5. The van der Waals surface area contributed by atoms with Gasteiger partial charge in [-0.2, -0.15) is 10.2 Å². The summed E-state index contributed by atoms with van der Waals surface area (Å²) in [7, 11) is 0. The summed E-state index contributed by atoms with van der Waals surface area (Å²) in [6, 6.07) is 5.39. The molecule has 0 bridgehead atoms. The molecule has 2 N–H and O–H groups in total. The smallest absolute Gasteiger partial charge is 0.290 e. The van der Waals surface area contributed by atoms with Crippen molar-refractivity contribution in [2.24, 2.45) is 5.10 Å². The summed E-state index contributed by atoms with van der Waals surface area (Å²) in [5.74, 6) is 0.982. The van der Waals surface area contributed by atoms with E-state index in [9.17, 15) is 4.79 Å². The molecule has 20 heavy (non-hydrogen) atoms. The number of fused-ring (bicyclic) bond motifs is 1. The van der Waals surface area contributed by atoms with E-state index in [4.69, 9.17) is 9.47 Å². The van der Waals surface area contributed by atoms with Gasteiger partial charge in [0.25, 0.3) is 5.91 Å². The summed E-state index contributed by atoms with van der Waals surface area (Å²) in [4.78, 5) is 11.7. The van der Waals surface area contributed by atoms with E-state index in [0.717, 1.165) is 5.56 Å². The Labute approximate surface area is 122 Å². The van der Waals surface area contributed by atoms with E-state index in [1.54, 1.807) is 12.1 Å². The van der Waals surface area contributed by atoms with Crippen LogP contribution in [0.25, 0.3) is 0 Å². The van der Waals surface area contributed by atoms with E-state index in [2.05, 4.69) is 36.7 Å². The summed E-state index contributed by atoms with van der Waals surface area (Å²) >= 11 is 3.20. The first-order valence-corrected chi connectivity index (χ1v) is 6.45. The Hall–Kier alpha value is -2.35. The van der Waals surface area contributed by atoms with Crippen LogP contribution in [0.1, 0.15) is 16.1 Å². The van der Waals surface area contributed by atoms with E-state index in [0.29, 0.717) is 21.7 Å². The predicted molar refractivity (Wildman–Crippen MR) is 73.9 cm³/mol. The highest BCUT2D eigenvalue weighted by molar-refractivity contribution is 9.10. The van der Waals surface area contributed by atoms with E-state index >= 15 is 0 Å². The maximum atomic E-state index is 11.7. The Balaban J connectivity index is 1.66. The van der Waals surface area contributed by atoms with Gasteiger partial charge in [-0.1, -0.05) is 0 Å². The van der Waals surface area contributed by atoms with Crippen molar-refractivity contribution in [1.82, 2.24) is 15.6 Å². The molecule has 8 heteroatoms. The molecule has 3 rings (SSSR count). The average molecular weight is 337 g/mol. The molecule has 0 spiro atoms. The van der Waals surface area contributed by atoms with Crippen molar-refractivity contribution >= 4 is 28.1 Å². The van der Waals surface area contributed by atoms with Gasteiger partial charge < -0.3 is 9.47 Å². The highest BCUT2D eigenvalue weighted by Crippen LogP contribution is 2.31. The van der Waals surface area contributed by atoms with Gasteiger partial charge in [0.15, 0.2) is 11.5 Å². The third-order valence-corrected chi connectivity index (χ3v) is 3.20. The molecule has 1 amide bonds. The summed E-state index contributed by atoms with van der Waals surface area (Å²) in [5, 5.41) is 10.2. The zero-order valence-corrected chi connectivity index (χ0v) is 11.7. The van der Waals surface area contributed by atoms with Crippen molar-refractivity contribution in [2.75, 3.05) is 6.79 Å². The van der Waals surface area contributed by atoms with Crippen LogP contribution >= 0.6 is 15.9 Å². The predicted octanol–water partition coefficient (Wildman–Crippen LogP) is 1.66. The van der Waals surface area contributed by atoms with Crippen LogP contribution in [-0.2, 0) is 0 Å². The number of amides is 1. The fourth-order valence-corrected chi connectivity index (χ4v) is 2.02. The second-order valence-electron chi connectivity index (χ2n) is 3.90. The minimum atomic E-state index is -0.383. The Bertz CT molecular complexity index is 683. The number of nitrogens with one attached hydrogen (secondary N) is 2. The Morgan fingerprint density at radius 1 is 1.45 bits per heavy atom. The molecule has 2 heterocycles. The minimum Gasteiger partial charge on any atom is -0.454 e. The number of carbonyl (C=O) groups is 1. The first-order chi connectivity index (χ1) is 9.74. The van der Waals surface area contributed by atoms with E-state index in [1.807, 2.05) is 6.07 Å². The summed E-state index contributed by atoms with van der Waals surface area (Å²) < 4.78 is 11.0. The molecule has 0 aliphatic carbocycles. The fourth-order valence-electron chi connectivity index (χ4n) is 1.65. The normalized spacial score (nSPS) is 12.8. The molecular formula is C12H9BrN4O3. The number of halogens is 1. The summed E-state index contributed by atoms with van der Waals surface area (Å²) in [5.41, 5.74) is 3.50. The number of benzene rings is 1. The van der Waals surface area contributed by atoms with Gasteiger partial charge in [-0.3, -0.25) is 9.89 Å². The molecule has 102 valence electrons. The molecule has 7 nitrogen and oxygen atoms in total. The van der Waals surface area contributed by atoms with Gasteiger partial charge in [0.05, 0.1) is 16.9 Å². The lowest BCUT2D eigenvalue weighted by Gasteiger charge is -1.98. The highest BCUT2D eigenvalue weighted by atomic mass is 79.9. The van der Waals surface area contributed by atoms with Crippen molar-refractivity contribution in [3.8, 4) is 11.5 Å². The standard InChI is InChI=1S/C12H9BrN4O3/c13-8-5-15-16-11(8)12(18)17-14-4-7-1-2-9-10(3-7)20-6-19-9/h1-5H,6H2,(H,15,16)(H,17,18)/b14-4+. The van der Waals surface area contributed by atoms with E-state index in [1.165, 1.54) is 12.4 Å². The van der Waals surface area contributed by atoms with E-state index < -0.39 is 0 Å². The van der Waals surface area contributed by atoms with Gasteiger partial charge in [-0.15, -0.1) is 0 Å². The number of hydrogen-bond donors (Lipinski definition) is 2. The number of hydrazone groups is 1. The largest absolute Gasteiger partial charge is 0.454 e. The minimum absolute atomic E-state index is 0.223. The van der Waals surface area contributed by atoms with Crippen LogP contribution in [0.5, 0.6) is 11.5 Å². The van der Waals surface area contributed by atoms with Gasteiger partial charge in [-0.05, 0) is 39.7 Å². The number of H-pyrrole nitrogens is 1. The Morgan fingerprint density at radius 2 is 2.30 bits per heavy atom. The maximum absolute atomic E-state index is 11.7. The first kappa shape index (κ1) is 12.7. The third kappa shape index (κ3) is 2.50. The van der Waals surface area contributed by atoms with Crippen LogP contribution in [0.2, 0.25) is 0 Å². The van der Waals surface area contributed by atoms with Gasteiger partial charge in [0.1, 0.15) is 5.69 Å². The lowest BCUT2D eigenvalue weighted by atomic mass is 10.2. The molecule has 0 atom stereocenters. The van der Waals surface area contributed by atoms with Crippen LogP contribution < -0.4 is 14.9 Å². The molecule has 1 aliphatic heterocycles. The number of carbonyl (C=O) groups excluding carboxylic acids is 1. The van der Waals surface area contributed by atoms with Gasteiger partial charge >= 0.3 is 0 Å². The zero-order valence-electron chi connectivity index (χ0n) is 10.1. The molecule has 2 aromatic rings. The van der Waals surface area contributed by atoms with Crippen molar-refractivity contribution < 1.29 is 14.3 Å². The molecule has 0 unspecified atom stereocenters. The highest BCUT2D eigenvalue weighted by Gasteiger charge is 2.13. The number of rotatable bonds is 3. The van der Waals surface area contributed by atoms with E-state index in [-0.39, 0.29) is 12.7 Å². The maximum Gasteiger partial charge on any atom is 0.290 e.